The third kappa shape index (κ3) is 4.30. The Kier molecular flexibility index (Phi) is 6.07. The lowest BCUT2D eigenvalue weighted by Crippen LogP contribution is -2.30. The van der Waals surface area contributed by atoms with E-state index in [4.69, 9.17) is 4.74 Å². The second-order valence-electron chi connectivity index (χ2n) is 3.78. The molecule has 0 aliphatic heterocycles. The fourth-order valence-electron chi connectivity index (χ4n) is 1.55. The minimum atomic E-state index is -0.459. The highest BCUT2D eigenvalue weighted by atomic mass is 16.5. The summed E-state index contributed by atoms with van der Waals surface area (Å²) in [5.74, 6) is 1.01. The minimum absolute atomic E-state index is 0.358. The third-order valence-electron chi connectivity index (χ3n) is 2.29. The number of aliphatic hydroxyl groups is 1. The van der Waals surface area contributed by atoms with E-state index in [1.54, 1.807) is 13.3 Å². The van der Waals surface area contributed by atoms with Gasteiger partial charge in [-0.05, 0) is 6.42 Å². The Hall–Kier alpha value is -0.910. The van der Waals surface area contributed by atoms with E-state index in [-0.39, 0.29) is 0 Å². The first kappa shape index (κ1) is 13.2. The quantitative estimate of drug-likeness (QED) is 0.674. The van der Waals surface area contributed by atoms with E-state index in [0.29, 0.717) is 19.7 Å². The van der Waals surface area contributed by atoms with Gasteiger partial charge in [0.1, 0.15) is 5.82 Å². The molecule has 0 spiro atoms. The van der Waals surface area contributed by atoms with Gasteiger partial charge in [-0.15, -0.1) is 0 Å². The highest BCUT2D eigenvalue weighted by Gasteiger charge is 2.04. The standard InChI is InChI=1S/C11H21N3O2/c1-3-5-14-6-4-13-11(14)8-12-7-10(15)9-16-2/h4,6,10,12,15H,3,5,7-9H2,1-2H3. The van der Waals surface area contributed by atoms with Crippen LogP contribution in [0.4, 0.5) is 0 Å². The Bertz CT molecular complexity index is 289. The molecule has 0 aliphatic carbocycles. The first-order valence-corrected chi connectivity index (χ1v) is 5.65. The van der Waals surface area contributed by atoms with Crippen molar-refractivity contribution in [2.75, 3.05) is 20.3 Å². The number of aromatic nitrogens is 2. The molecule has 1 unspecified atom stereocenters. The number of hydrogen-bond acceptors (Lipinski definition) is 4. The maximum absolute atomic E-state index is 9.44. The summed E-state index contributed by atoms with van der Waals surface area (Å²) >= 11 is 0. The average Bonchev–Trinajstić information content (AvgIpc) is 2.67. The van der Waals surface area contributed by atoms with Crippen LogP contribution in [0.25, 0.3) is 0 Å². The largest absolute Gasteiger partial charge is 0.389 e. The van der Waals surface area contributed by atoms with Crippen LogP contribution in [-0.4, -0.2) is 41.0 Å². The van der Waals surface area contributed by atoms with Gasteiger partial charge in [0.05, 0.1) is 19.3 Å². The summed E-state index contributed by atoms with van der Waals surface area (Å²) in [5, 5.41) is 12.6. The van der Waals surface area contributed by atoms with Crippen molar-refractivity contribution < 1.29 is 9.84 Å². The molecule has 16 heavy (non-hydrogen) atoms. The van der Waals surface area contributed by atoms with Crippen LogP contribution in [0, 0.1) is 0 Å². The van der Waals surface area contributed by atoms with Gasteiger partial charge in [-0.3, -0.25) is 0 Å². The minimum Gasteiger partial charge on any atom is -0.389 e. The summed E-state index contributed by atoms with van der Waals surface area (Å²) in [6.45, 7) is 4.67. The van der Waals surface area contributed by atoms with Crippen molar-refractivity contribution in [3.05, 3.63) is 18.2 Å². The van der Waals surface area contributed by atoms with Crippen molar-refractivity contribution in [2.24, 2.45) is 0 Å². The van der Waals surface area contributed by atoms with Gasteiger partial charge in [-0.2, -0.15) is 0 Å². The van der Waals surface area contributed by atoms with Crippen molar-refractivity contribution >= 4 is 0 Å². The normalized spacial score (nSPS) is 12.9. The van der Waals surface area contributed by atoms with Crippen LogP contribution in [0.1, 0.15) is 19.2 Å². The average molecular weight is 227 g/mol. The zero-order valence-electron chi connectivity index (χ0n) is 10.0. The number of methoxy groups -OCH3 is 1. The first-order chi connectivity index (χ1) is 7.77. The molecule has 0 amide bonds. The van der Waals surface area contributed by atoms with Crippen LogP contribution in [0.3, 0.4) is 0 Å². The predicted molar refractivity (Wildman–Crippen MR) is 62.1 cm³/mol. The fourth-order valence-corrected chi connectivity index (χ4v) is 1.55. The van der Waals surface area contributed by atoms with Crippen molar-refractivity contribution in [3.8, 4) is 0 Å². The number of ether oxygens (including phenoxy) is 1. The highest BCUT2D eigenvalue weighted by Crippen LogP contribution is 1.98. The number of imidazole rings is 1. The van der Waals surface area contributed by atoms with Gasteiger partial charge < -0.3 is 19.7 Å². The summed E-state index contributed by atoms with van der Waals surface area (Å²) in [6.07, 6.45) is 4.42. The van der Waals surface area contributed by atoms with Crippen molar-refractivity contribution in [1.29, 1.82) is 0 Å². The summed E-state index contributed by atoms with van der Waals surface area (Å²) in [5.41, 5.74) is 0. The molecule has 0 aliphatic rings. The van der Waals surface area contributed by atoms with Gasteiger partial charge >= 0.3 is 0 Å². The molecular weight excluding hydrogens is 206 g/mol. The Morgan fingerprint density at radius 3 is 3.12 bits per heavy atom. The van der Waals surface area contributed by atoms with E-state index in [9.17, 15) is 5.11 Å². The van der Waals surface area contributed by atoms with Crippen LogP contribution in [-0.2, 0) is 17.8 Å². The molecule has 1 heterocycles. The predicted octanol–water partition coefficient (Wildman–Crippen LogP) is 0.390. The molecule has 0 saturated carbocycles. The molecule has 0 radical (unpaired) electrons. The molecule has 0 fully saturated rings. The third-order valence-corrected chi connectivity index (χ3v) is 2.29. The number of aliphatic hydroxyl groups excluding tert-OH is 1. The molecule has 5 heteroatoms. The van der Waals surface area contributed by atoms with Gasteiger partial charge in [-0.1, -0.05) is 6.92 Å². The molecular formula is C11H21N3O2. The van der Waals surface area contributed by atoms with E-state index in [2.05, 4.69) is 21.8 Å². The molecule has 1 aromatic rings. The Labute approximate surface area is 96.4 Å². The number of rotatable bonds is 8. The van der Waals surface area contributed by atoms with E-state index < -0.39 is 6.10 Å². The summed E-state index contributed by atoms with van der Waals surface area (Å²) in [4.78, 5) is 4.27. The van der Waals surface area contributed by atoms with E-state index in [1.807, 2.05) is 6.20 Å². The fraction of sp³-hybridized carbons (Fsp3) is 0.727. The van der Waals surface area contributed by atoms with Crippen molar-refractivity contribution in [2.45, 2.75) is 32.5 Å². The van der Waals surface area contributed by atoms with Crippen LogP contribution >= 0.6 is 0 Å². The number of hydrogen-bond donors (Lipinski definition) is 2. The molecule has 2 N–H and O–H groups in total. The van der Waals surface area contributed by atoms with Gasteiger partial charge in [0, 0.05) is 32.6 Å². The van der Waals surface area contributed by atoms with Gasteiger partial charge in [0.2, 0.25) is 0 Å². The Morgan fingerprint density at radius 2 is 2.44 bits per heavy atom. The van der Waals surface area contributed by atoms with Gasteiger partial charge in [0.25, 0.3) is 0 Å². The Balaban J connectivity index is 2.28. The molecule has 1 rings (SSSR count). The van der Waals surface area contributed by atoms with Crippen LogP contribution in [0.2, 0.25) is 0 Å². The van der Waals surface area contributed by atoms with E-state index in [0.717, 1.165) is 18.8 Å². The zero-order chi connectivity index (χ0) is 11.8. The van der Waals surface area contributed by atoms with Crippen molar-refractivity contribution in [1.82, 2.24) is 14.9 Å². The molecule has 1 atom stereocenters. The molecule has 92 valence electrons. The zero-order valence-corrected chi connectivity index (χ0v) is 10.0. The lowest BCUT2D eigenvalue weighted by molar-refractivity contribution is 0.0642. The second kappa shape index (κ2) is 7.38. The summed E-state index contributed by atoms with van der Waals surface area (Å²) < 4.78 is 6.96. The summed E-state index contributed by atoms with van der Waals surface area (Å²) in [7, 11) is 1.58. The summed E-state index contributed by atoms with van der Waals surface area (Å²) in [6, 6.07) is 0. The van der Waals surface area contributed by atoms with E-state index in [1.165, 1.54) is 0 Å². The topological polar surface area (TPSA) is 59.3 Å². The van der Waals surface area contributed by atoms with Crippen LogP contribution in [0.15, 0.2) is 12.4 Å². The van der Waals surface area contributed by atoms with Crippen LogP contribution < -0.4 is 5.32 Å². The maximum Gasteiger partial charge on any atom is 0.122 e. The van der Waals surface area contributed by atoms with Crippen molar-refractivity contribution in [3.63, 3.8) is 0 Å². The number of aryl methyl sites for hydroxylation is 1. The number of nitrogens with one attached hydrogen (secondary N) is 1. The maximum atomic E-state index is 9.44. The van der Waals surface area contributed by atoms with Gasteiger partial charge in [-0.25, -0.2) is 4.98 Å². The Morgan fingerprint density at radius 1 is 1.62 bits per heavy atom. The molecule has 0 aromatic carbocycles. The molecule has 5 nitrogen and oxygen atoms in total. The van der Waals surface area contributed by atoms with Crippen LogP contribution in [0.5, 0.6) is 0 Å². The van der Waals surface area contributed by atoms with E-state index >= 15 is 0 Å². The van der Waals surface area contributed by atoms with Gasteiger partial charge in [0.15, 0.2) is 0 Å². The SMILES string of the molecule is CCCn1ccnc1CNCC(O)COC. The molecule has 0 saturated heterocycles. The molecule has 1 aromatic heterocycles. The smallest absolute Gasteiger partial charge is 0.122 e. The lowest BCUT2D eigenvalue weighted by Gasteiger charge is -2.11. The molecule has 0 bridgehead atoms. The second-order valence-corrected chi connectivity index (χ2v) is 3.78. The first-order valence-electron chi connectivity index (χ1n) is 5.65. The number of nitrogens with zero attached hydrogens (tertiary/aromatic N) is 2. The monoisotopic (exact) mass is 227 g/mol. The highest BCUT2D eigenvalue weighted by molar-refractivity contribution is 4.91. The lowest BCUT2D eigenvalue weighted by atomic mass is 10.3.